The minimum absolute atomic E-state index is 0. The molecule has 1 heterocycles. The summed E-state index contributed by atoms with van der Waals surface area (Å²) in [6.45, 7) is 1.63. The molecule has 21 heavy (non-hydrogen) atoms. The molecule has 0 radical (unpaired) electrons. The number of hydrogen-bond acceptors (Lipinski definition) is 4. The number of halogens is 1. The molecule has 0 bridgehead atoms. The normalized spacial score (nSPS) is 16.7. The maximum Gasteiger partial charge on any atom is 0.242 e. The molecule has 0 saturated carbocycles. The number of carbonyl (C=O) groups is 1. The van der Waals surface area contributed by atoms with Crippen molar-refractivity contribution in [2.24, 2.45) is 5.73 Å². The first kappa shape index (κ1) is 17.8. The molecule has 0 atom stereocenters. The molecular weight excluding hydrogens is 292 g/mol. The van der Waals surface area contributed by atoms with Gasteiger partial charge in [0, 0.05) is 26.8 Å². The third kappa shape index (κ3) is 4.33. The van der Waals surface area contributed by atoms with Crippen LogP contribution in [0.3, 0.4) is 0 Å². The Morgan fingerprint density at radius 1 is 1.43 bits per heavy atom. The van der Waals surface area contributed by atoms with Gasteiger partial charge >= 0.3 is 0 Å². The van der Waals surface area contributed by atoms with Gasteiger partial charge in [-0.05, 0) is 30.5 Å². The molecule has 0 spiro atoms. The number of hydrogen-bond donors (Lipinski definition) is 1. The number of carbonyl (C=O) groups excluding carboxylic acids is 1. The number of ether oxygens (including phenoxy) is 2. The molecule has 2 N–H and O–H groups in total. The average Bonchev–Trinajstić information content (AvgIpc) is 2.47. The van der Waals surface area contributed by atoms with Crippen LogP contribution in [0.5, 0.6) is 5.75 Å². The standard InChI is InChI=1S/C15H22N2O3.ClH/c1-17(11-12-4-3-5-13(10-12)19-2)14(18)15(16)6-8-20-9-7-15;/h3-5,10H,6-9,11,16H2,1-2H3;1H. The van der Waals surface area contributed by atoms with Crippen LogP contribution in [-0.4, -0.2) is 43.7 Å². The van der Waals surface area contributed by atoms with E-state index in [0.717, 1.165) is 11.3 Å². The monoisotopic (exact) mass is 314 g/mol. The molecule has 1 aliphatic rings. The predicted molar refractivity (Wildman–Crippen MR) is 83.7 cm³/mol. The summed E-state index contributed by atoms with van der Waals surface area (Å²) in [6.07, 6.45) is 1.16. The Kier molecular flexibility index (Phi) is 6.45. The summed E-state index contributed by atoms with van der Waals surface area (Å²) >= 11 is 0. The zero-order chi connectivity index (χ0) is 14.6. The molecule has 1 aromatic carbocycles. The summed E-state index contributed by atoms with van der Waals surface area (Å²) in [5.41, 5.74) is 6.46. The van der Waals surface area contributed by atoms with Crippen LogP contribution in [0.4, 0.5) is 0 Å². The summed E-state index contributed by atoms with van der Waals surface area (Å²) in [7, 11) is 3.41. The lowest BCUT2D eigenvalue weighted by molar-refractivity contribution is -0.139. The van der Waals surface area contributed by atoms with E-state index in [1.807, 2.05) is 24.3 Å². The SMILES string of the molecule is COc1cccc(CN(C)C(=O)C2(N)CCOCC2)c1.Cl. The molecule has 6 heteroatoms. The fourth-order valence-corrected chi connectivity index (χ4v) is 2.45. The molecule has 1 amide bonds. The number of rotatable bonds is 4. The van der Waals surface area contributed by atoms with Crippen molar-refractivity contribution in [1.29, 1.82) is 0 Å². The molecule has 2 rings (SSSR count). The lowest BCUT2D eigenvalue weighted by Gasteiger charge is -2.35. The van der Waals surface area contributed by atoms with Crippen LogP contribution in [0.2, 0.25) is 0 Å². The second kappa shape index (κ2) is 7.64. The fraction of sp³-hybridized carbons (Fsp3) is 0.533. The first-order chi connectivity index (χ1) is 9.55. The van der Waals surface area contributed by atoms with Crippen LogP contribution >= 0.6 is 12.4 Å². The molecule has 0 unspecified atom stereocenters. The van der Waals surface area contributed by atoms with Crippen LogP contribution in [0, 0.1) is 0 Å². The molecule has 1 aliphatic heterocycles. The zero-order valence-electron chi connectivity index (χ0n) is 12.5. The van der Waals surface area contributed by atoms with E-state index in [2.05, 4.69) is 0 Å². The summed E-state index contributed by atoms with van der Waals surface area (Å²) in [4.78, 5) is 14.2. The van der Waals surface area contributed by atoms with Crippen molar-refractivity contribution >= 4 is 18.3 Å². The van der Waals surface area contributed by atoms with Gasteiger partial charge < -0.3 is 20.1 Å². The van der Waals surface area contributed by atoms with Crippen molar-refractivity contribution in [1.82, 2.24) is 4.90 Å². The molecule has 118 valence electrons. The van der Waals surface area contributed by atoms with E-state index in [1.54, 1.807) is 19.1 Å². The van der Waals surface area contributed by atoms with Gasteiger partial charge in [-0.15, -0.1) is 12.4 Å². The van der Waals surface area contributed by atoms with Gasteiger partial charge in [0.25, 0.3) is 0 Å². The van der Waals surface area contributed by atoms with E-state index < -0.39 is 5.54 Å². The lowest BCUT2D eigenvalue weighted by atomic mass is 9.89. The van der Waals surface area contributed by atoms with Gasteiger partial charge in [-0.1, -0.05) is 12.1 Å². The fourth-order valence-electron chi connectivity index (χ4n) is 2.45. The number of methoxy groups -OCH3 is 1. The predicted octanol–water partition coefficient (Wildman–Crippen LogP) is 1.58. The van der Waals surface area contributed by atoms with Crippen LogP contribution in [0.25, 0.3) is 0 Å². The Labute approximate surface area is 131 Å². The van der Waals surface area contributed by atoms with Gasteiger partial charge in [0.1, 0.15) is 5.75 Å². The Hall–Kier alpha value is -1.30. The Morgan fingerprint density at radius 2 is 2.10 bits per heavy atom. The number of nitrogens with two attached hydrogens (primary N) is 1. The largest absolute Gasteiger partial charge is 0.497 e. The Morgan fingerprint density at radius 3 is 2.71 bits per heavy atom. The van der Waals surface area contributed by atoms with Crippen LogP contribution in [0.15, 0.2) is 24.3 Å². The van der Waals surface area contributed by atoms with Gasteiger partial charge in [-0.25, -0.2) is 0 Å². The molecule has 0 aromatic heterocycles. The maximum absolute atomic E-state index is 12.5. The highest BCUT2D eigenvalue weighted by molar-refractivity contribution is 5.86. The van der Waals surface area contributed by atoms with E-state index in [0.29, 0.717) is 32.6 Å². The number of nitrogens with zero attached hydrogens (tertiary/aromatic N) is 1. The van der Waals surface area contributed by atoms with Crippen molar-refractivity contribution < 1.29 is 14.3 Å². The Balaban J connectivity index is 0.00000220. The van der Waals surface area contributed by atoms with Crippen LogP contribution < -0.4 is 10.5 Å². The van der Waals surface area contributed by atoms with Gasteiger partial charge in [0.2, 0.25) is 5.91 Å². The molecule has 1 saturated heterocycles. The molecule has 5 nitrogen and oxygen atoms in total. The number of likely N-dealkylation sites (N-methyl/N-ethyl adjacent to an activating group) is 1. The van der Waals surface area contributed by atoms with Crippen molar-refractivity contribution in [2.45, 2.75) is 24.9 Å². The summed E-state index contributed by atoms with van der Waals surface area (Å²) in [6, 6.07) is 7.70. The van der Waals surface area contributed by atoms with Crippen LogP contribution in [0.1, 0.15) is 18.4 Å². The highest BCUT2D eigenvalue weighted by Crippen LogP contribution is 2.21. The van der Waals surface area contributed by atoms with E-state index >= 15 is 0 Å². The summed E-state index contributed by atoms with van der Waals surface area (Å²) < 4.78 is 10.5. The number of amides is 1. The van der Waals surface area contributed by atoms with Gasteiger partial charge in [0.15, 0.2) is 0 Å². The van der Waals surface area contributed by atoms with Gasteiger partial charge in [-0.2, -0.15) is 0 Å². The summed E-state index contributed by atoms with van der Waals surface area (Å²) in [5, 5.41) is 0. The first-order valence-corrected chi connectivity index (χ1v) is 6.80. The quantitative estimate of drug-likeness (QED) is 0.916. The topological polar surface area (TPSA) is 64.8 Å². The molecule has 0 aliphatic carbocycles. The Bertz CT molecular complexity index is 476. The number of benzene rings is 1. The summed E-state index contributed by atoms with van der Waals surface area (Å²) in [5.74, 6) is 0.764. The minimum atomic E-state index is -0.786. The zero-order valence-corrected chi connectivity index (χ0v) is 13.3. The molecular formula is C15H23ClN2O3. The lowest BCUT2D eigenvalue weighted by Crippen LogP contribution is -2.57. The third-order valence-electron chi connectivity index (χ3n) is 3.71. The molecule has 1 fully saturated rings. The van der Waals surface area contributed by atoms with E-state index in [-0.39, 0.29) is 18.3 Å². The third-order valence-corrected chi connectivity index (χ3v) is 3.71. The van der Waals surface area contributed by atoms with Crippen molar-refractivity contribution in [3.8, 4) is 5.75 Å². The van der Waals surface area contributed by atoms with Crippen molar-refractivity contribution in [3.05, 3.63) is 29.8 Å². The van der Waals surface area contributed by atoms with E-state index in [4.69, 9.17) is 15.2 Å². The van der Waals surface area contributed by atoms with E-state index in [1.165, 1.54) is 0 Å². The highest BCUT2D eigenvalue weighted by Gasteiger charge is 2.37. The van der Waals surface area contributed by atoms with Crippen molar-refractivity contribution in [3.63, 3.8) is 0 Å². The van der Waals surface area contributed by atoms with Crippen LogP contribution in [-0.2, 0) is 16.1 Å². The van der Waals surface area contributed by atoms with Gasteiger partial charge in [0.05, 0.1) is 12.6 Å². The minimum Gasteiger partial charge on any atom is -0.497 e. The smallest absolute Gasteiger partial charge is 0.242 e. The second-order valence-corrected chi connectivity index (χ2v) is 5.28. The maximum atomic E-state index is 12.5. The highest BCUT2D eigenvalue weighted by atomic mass is 35.5. The van der Waals surface area contributed by atoms with Crippen molar-refractivity contribution in [2.75, 3.05) is 27.4 Å². The first-order valence-electron chi connectivity index (χ1n) is 6.80. The second-order valence-electron chi connectivity index (χ2n) is 5.28. The van der Waals surface area contributed by atoms with E-state index in [9.17, 15) is 4.79 Å². The average molecular weight is 315 g/mol. The molecule has 1 aromatic rings. The van der Waals surface area contributed by atoms with Gasteiger partial charge in [-0.3, -0.25) is 4.79 Å².